The van der Waals surface area contributed by atoms with E-state index in [1.165, 1.54) is 28.4 Å². The molecule has 1 fully saturated rings. The van der Waals surface area contributed by atoms with Crippen LogP contribution in [0.3, 0.4) is 0 Å². The zero-order chi connectivity index (χ0) is 20.4. The molecule has 0 aromatic heterocycles. The molecule has 0 unspecified atom stereocenters. The van der Waals surface area contributed by atoms with E-state index in [-0.39, 0.29) is 30.0 Å². The number of thioether (sulfide) groups is 2. The molecule has 29 heavy (non-hydrogen) atoms. The fourth-order valence-electron chi connectivity index (χ4n) is 2.88. The summed E-state index contributed by atoms with van der Waals surface area (Å²) in [6.07, 6.45) is 7.60. The third kappa shape index (κ3) is 4.62. The van der Waals surface area contributed by atoms with Gasteiger partial charge in [0.1, 0.15) is 4.32 Å². The molecule has 2 aliphatic heterocycles. The van der Waals surface area contributed by atoms with Crippen molar-refractivity contribution in [3.63, 3.8) is 0 Å². The van der Waals surface area contributed by atoms with Gasteiger partial charge in [-0.2, -0.15) is 0 Å². The molecule has 0 bridgehead atoms. The van der Waals surface area contributed by atoms with Gasteiger partial charge in [-0.05, 0) is 36.8 Å². The molecule has 3 aliphatic rings. The fraction of sp³-hybridized carbons (Fsp3) is 0.190. The van der Waals surface area contributed by atoms with Crippen LogP contribution in [0.25, 0.3) is 6.08 Å². The molecule has 0 saturated carbocycles. The summed E-state index contributed by atoms with van der Waals surface area (Å²) in [7, 11) is 0. The molecule has 2 heterocycles. The van der Waals surface area contributed by atoms with Crippen LogP contribution in [0, 0.1) is 6.92 Å². The molecule has 1 saturated heterocycles. The average molecular weight is 440 g/mol. The predicted molar refractivity (Wildman–Crippen MR) is 123 cm³/mol. The number of rotatable bonds is 4. The van der Waals surface area contributed by atoms with Crippen LogP contribution in [0.2, 0.25) is 0 Å². The van der Waals surface area contributed by atoms with Crippen LogP contribution in [0.5, 0.6) is 0 Å². The van der Waals surface area contributed by atoms with Gasteiger partial charge in [0.15, 0.2) is 5.17 Å². The number of aryl methyl sites for hydroxylation is 1. The number of nitrogens with one attached hydrogen (secondary N) is 1. The lowest BCUT2D eigenvalue weighted by atomic mass is 10.1. The number of hydrogen-bond acceptors (Lipinski definition) is 6. The van der Waals surface area contributed by atoms with Crippen LogP contribution < -0.4 is 5.32 Å². The highest BCUT2D eigenvalue weighted by Crippen LogP contribution is 2.33. The quantitative estimate of drug-likeness (QED) is 0.439. The highest BCUT2D eigenvalue weighted by molar-refractivity contribution is 8.26. The first-order valence-electron chi connectivity index (χ1n) is 8.99. The van der Waals surface area contributed by atoms with Crippen molar-refractivity contribution in [1.29, 1.82) is 0 Å². The number of nitrogens with zero attached hydrogens (tertiary/aromatic N) is 2. The highest BCUT2D eigenvalue weighted by atomic mass is 32.2. The van der Waals surface area contributed by atoms with Crippen LogP contribution in [0.4, 0.5) is 0 Å². The van der Waals surface area contributed by atoms with E-state index in [0.717, 1.165) is 16.8 Å². The van der Waals surface area contributed by atoms with Crippen molar-refractivity contribution >= 4 is 63.1 Å². The van der Waals surface area contributed by atoms with Crippen LogP contribution in [0.1, 0.15) is 17.5 Å². The van der Waals surface area contributed by atoms with E-state index in [2.05, 4.69) is 16.0 Å². The molecule has 1 aromatic rings. The van der Waals surface area contributed by atoms with Gasteiger partial charge in [0.25, 0.3) is 5.91 Å². The Balaban J connectivity index is 1.33. The van der Waals surface area contributed by atoms with Crippen molar-refractivity contribution in [1.82, 2.24) is 10.2 Å². The van der Waals surface area contributed by atoms with E-state index in [1.54, 1.807) is 6.08 Å². The number of benzene rings is 1. The van der Waals surface area contributed by atoms with Crippen LogP contribution in [-0.4, -0.2) is 38.0 Å². The van der Waals surface area contributed by atoms with E-state index in [9.17, 15) is 9.59 Å². The van der Waals surface area contributed by atoms with Gasteiger partial charge in [-0.3, -0.25) is 14.5 Å². The topological polar surface area (TPSA) is 61.8 Å². The van der Waals surface area contributed by atoms with Crippen LogP contribution in [-0.2, 0) is 9.59 Å². The second kappa shape index (κ2) is 8.55. The smallest absolute Gasteiger partial charge is 0.266 e. The number of thiocarbonyl (C=S) groups is 1. The summed E-state index contributed by atoms with van der Waals surface area (Å²) in [4.78, 5) is 31.5. The number of amidine groups is 1. The summed E-state index contributed by atoms with van der Waals surface area (Å²) in [6, 6.07) is 7.93. The Morgan fingerprint density at radius 1 is 1.38 bits per heavy atom. The lowest BCUT2D eigenvalue weighted by molar-refractivity contribution is -0.123. The first-order valence-corrected chi connectivity index (χ1v) is 11.1. The minimum atomic E-state index is -0.191. The van der Waals surface area contributed by atoms with Gasteiger partial charge in [-0.15, -0.1) is 5.73 Å². The molecule has 1 N–H and O–H groups in total. The number of allylic oxidation sites excluding steroid dienone is 1. The van der Waals surface area contributed by atoms with Crippen molar-refractivity contribution in [2.75, 3.05) is 6.54 Å². The minimum absolute atomic E-state index is 0.105. The van der Waals surface area contributed by atoms with Crippen molar-refractivity contribution < 1.29 is 9.59 Å². The maximum atomic E-state index is 12.7. The molecule has 1 aromatic carbocycles. The number of hydrogen-bond donors (Lipinski definition) is 1. The molecule has 2 amide bonds. The first-order chi connectivity index (χ1) is 14.0. The summed E-state index contributed by atoms with van der Waals surface area (Å²) in [6.45, 7) is 2.26. The van der Waals surface area contributed by atoms with E-state index in [0.29, 0.717) is 14.4 Å². The highest BCUT2D eigenvalue weighted by Gasteiger charge is 2.32. The molecule has 0 radical (unpaired) electrons. The zero-order valence-electron chi connectivity index (χ0n) is 15.5. The second-order valence-corrected chi connectivity index (χ2v) is 9.40. The summed E-state index contributed by atoms with van der Waals surface area (Å²) in [5, 5.41) is 3.49. The number of carbonyl (C=O) groups excluding carboxylic acids is 2. The Bertz CT molecular complexity index is 1050. The number of carbonyl (C=O) groups is 2. The molecular formula is C21H17N3O2S3. The summed E-state index contributed by atoms with van der Waals surface area (Å²) < 4.78 is 0.473. The van der Waals surface area contributed by atoms with Crippen molar-refractivity contribution in [3.8, 4) is 0 Å². The maximum Gasteiger partial charge on any atom is 0.266 e. The predicted octanol–water partition coefficient (Wildman–Crippen LogP) is 3.78. The van der Waals surface area contributed by atoms with Crippen LogP contribution in [0.15, 0.2) is 63.8 Å². The fourth-order valence-corrected chi connectivity index (χ4v) is 5.15. The standard InChI is InChI=1S/C21H17N3O2S3/c1-13-6-8-14(9-7-13)12-17-19(26)24(21(27)29-17)11-10-18(25)23-20-22-15-4-2-3-5-16(15)28-20/h2,4-9,12,16H,10-11H2,1H3,(H,22,23,25)/b17-12-/t16-/m1/s1. The normalized spacial score (nSPS) is 21.5. The summed E-state index contributed by atoms with van der Waals surface area (Å²) in [5.74, 6) is -0.350. The van der Waals surface area contributed by atoms with Crippen molar-refractivity contribution in [2.45, 2.75) is 18.6 Å². The molecular weight excluding hydrogens is 422 g/mol. The second-order valence-electron chi connectivity index (χ2n) is 6.59. The number of amides is 2. The average Bonchev–Trinajstić information content (AvgIpc) is 3.22. The molecule has 1 atom stereocenters. The molecule has 1 aliphatic carbocycles. The molecule has 8 heteroatoms. The largest absolute Gasteiger partial charge is 0.305 e. The van der Waals surface area contributed by atoms with E-state index in [4.69, 9.17) is 12.2 Å². The maximum absolute atomic E-state index is 12.7. The SMILES string of the molecule is Cc1ccc(/C=C2\SC(=S)N(CCC(=O)NC3=NC4=CC=C=C[C@H]4S3)C2=O)cc1. The van der Waals surface area contributed by atoms with Crippen LogP contribution >= 0.6 is 35.7 Å². The molecule has 5 nitrogen and oxygen atoms in total. The van der Waals surface area contributed by atoms with Gasteiger partial charge in [0.2, 0.25) is 5.91 Å². The van der Waals surface area contributed by atoms with E-state index in [1.807, 2.05) is 49.4 Å². The summed E-state index contributed by atoms with van der Waals surface area (Å²) >= 11 is 8.09. The Hall–Kier alpha value is -2.38. The first kappa shape index (κ1) is 19.9. The Morgan fingerprint density at radius 3 is 2.93 bits per heavy atom. The number of aliphatic imine (C=N–C) groups is 1. The van der Waals surface area contributed by atoms with Crippen molar-refractivity contribution in [3.05, 3.63) is 70.0 Å². The molecule has 0 spiro atoms. The number of fused-ring (bicyclic) bond motifs is 1. The van der Waals surface area contributed by atoms with Gasteiger partial charge in [-0.1, -0.05) is 65.6 Å². The van der Waals surface area contributed by atoms with E-state index < -0.39 is 0 Å². The monoisotopic (exact) mass is 439 g/mol. The summed E-state index contributed by atoms with van der Waals surface area (Å²) in [5.41, 5.74) is 6.04. The Kier molecular flexibility index (Phi) is 5.87. The lowest BCUT2D eigenvalue weighted by Crippen LogP contribution is -2.34. The molecule has 146 valence electrons. The minimum Gasteiger partial charge on any atom is -0.305 e. The van der Waals surface area contributed by atoms with Gasteiger partial charge >= 0.3 is 0 Å². The van der Waals surface area contributed by atoms with Gasteiger partial charge in [-0.25, -0.2) is 4.99 Å². The van der Waals surface area contributed by atoms with Gasteiger partial charge < -0.3 is 5.32 Å². The molecule has 4 rings (SSSR count). The third-order valence-corrected chi connectivity index (χ3v) is 6.84. The lowest BCUT2D eigenvalue weighted by Gasteiger charge is -2.14. The van der Waals surface area contributed by atoms with E-state index >= 15 is 0 Å². The Labute approximate surface area is 182 Å². The Morgan fingerprint density at radius 2 is 2.17 bits per heavy atom. The van der Waals surface area contributed by atoms with Gasteiger partial charge in [0.05, 0.1) is 15.9 Å². The zero-order valence-corrected chi connectivity index (χ0v) is 18.0. The van der Waals surface area contributed by atoms with Gasteiger partial charge in [0, 0.05) is 13.0 Å². The van der Waals surface area contributed by atoms with Crippen molar-refractivity contribution in [2.24, 2.45) is 4.99 Å². The third-order valence-electron chi connectivity index (χ3n) is 4.42.